The van der Waals surface area contributed by atoms with Crippen LogP contribution in [0.2, 0.25) is 0 Å². The van der Waals surface area contributed by atoms with Crippen molar-refractivity contribution in [1.82, 2.24) is 5.32 Å². The average molecular weight is 340 g/mol. The molecule has 0 aliphatic heterocycles. The van der Waals surface area contributed by atoms with E-state index in [1.54, 1.807) is 24.3 Å². The van der Waals surface area contributed by atoms with Gasteiger partial charge in [-0.05, 0) is 55.5 Å². The second-order valence-corrected chi connectivity index (χ2v) is 6.80. The summed E-state index contributed by atoms with van der Waals surface area (Å²) in [4.78, 5) is 24.8. The second-order valence-electron chi connectivity index (χ2n) is 6.80. The van der Waals surface area contributed by atoms with E-state index < -0.39 is 0 Å². The first-order valence-electron chi connectivity index (χ1n) is 8.81. The van der Waals surface area contributed by atoms with Gasteiger partial charge in [0.25, 0.3) is 11.8 Å². The van der Waals surface area contributed by atoms with Crippen LogP contribution in [0.1, 0.15) is 59.1 Å². The van der Waals surface area contributed by atoms with Crippen LogP contribution < -0.4 is 10.6 Å². The van der Waals surface area contributed by atoms with E-state index >= 15 is 0 Å². The van der Waals surface area contributed by atoms with E-state index in [1.807, 2.05) is 13.0 Å². The van der Waals surface area contributed by atoms with Crippen LogP contribution >= 0.6 is 0 Å². The molecule has 2 atom stereocenters. The van der Waals surface area contributed by atoms with Gasteiger partial charge in [0.2, 0.25) is 0 Å². The second kappa shape index (κ2) is 7.55. The highest BCUT2D eigenvalue weighted by Gasteiger charge is 2.23. The first-order valence-corrected chi connectivity index (χ1v) is 8.81. The Morgan fingerprint density at radius 3 is 2.64 bits per heavy atom. The lowest BCUT2D eigenvalue weighted by molar-refractivity contribution is 0.0909. The molecule has 2 N–H and O–H groups in total. The Morgan fingerprint density at radius 1 is 1.12 bits per heavy atom. The molecule has 0 saturated heterocycles. The Morgan fingerprint density at radius 2 is 1.92 bits per heavy atom. The number of furan rings is 1. The van der Waals surface area contributed by atoms with Crippen LogP contribution in [-0.4, -0.2) is 17.9 Å². The van der Waals surface area contributed by atoms with Gasteiger partial charge in [0.1, 0.15) is 0 Å². The molecule has 0 spiro atoms. The third-order valence-electron chi connectivity index (χ3n) is 4.92. The summed E-state index contributed by atoms with van der Waals surface area (Å²) in [5, 5.41) is 5.95. The zero-order valence-electron chi connectivity index (χ0n) is 14.7. The topological polar surface area (TPSA) is 71.3 Å². The standard InChI is InChI=1S/C20H24N2O3/c1-13-6-3-4-7-16(13)21-19(23)15-10-9-14(2)17(12-15)22-20(24)18-8-5-11-25-18/h5,8-13,16H,3-4,6-7H2,1-2H3,(H,21,23)(H,22,24)/t13-,16+/m0/s1. The molecule has 5 heteroatoms. The van der Waals surface area contributed by atoms with E-state index in [0.29, 0.717) is 17.2 Å². The molecule has 1 aromatic heterocycles. The van der Waals surface area contributed by atoms with Gasteiger partial charge >= 0.3 is 0 Å². The lowest BCUT2D eigenvalue weighted by Crippen LogP contribution is -2.41. The fraction of sp³-hybridized carbons (Fsp3) is 0.400. The predicted molar refractivity (Wildman–Crippen MR) is 96.7 cm³/mol. The van der Waals surface area contributed by atoms with E-state index in [1.165, 1.54) is 12.7 Å². The van der Waals surface area contributed by atoms with Crippen molar-refractivity contribution in [1.29, 1.82) is 0 Å². The van der Waals surface area contributed by atoms with Gasteiger partial charge in [-0.15, -0.1) is 0 Å². The summed E-state index contributed by atoms with van der Waals surface area (Å²) >= 11 is 0. The fourth-order valence-electron chi connectivity index (χ4n) is 3.27. The highest BCUT2D eigenvalue weighted by molar-refractivity contribution is 6.03. The number of hydrogen-bond acceptors (Lipinski definition) is 3. The lowest BCUT2D eigenvalue weighted by Gasteiger charge is -2.29. The molecule has 3 rings (SSSR count). The van der Waals surface area contributed by atoms with Gasteiger partial charge in [0, 0.05) is 17.3 Å². The van der Waals surface area contributed by atoms with Crippen molar-refractivity contribution in [3.8, 4) is 0 Å². The first kappa shape index (κ1) is 17.3. The Bertz CT molecular complexity index is 752. The van der Waals surface area contributed by atoms with Crippen LogP contribution in [0, 0.1) is 12.8 Å². The molecule has 5 nitrogen and oxygen atoms in total. The lowest BCUT2D eigenvalue weighted by atomic mass is 9.86. The summed E-state index contributed by atoms with van der Waals surface area (Å²) in [5.41, 5.74) is 2.06. The minimum absolute atomic E-state index is 0.0905. The summed E-state index contributed by atoms with van der Waals surface area (Å²) < 4.78 is 5.11. The van der Waals surface area contributed by atoms with Gasteiger partial charge in [0.05, 0.1) is 6.26 Å². The minimum Gasteiger partial charge on any atom is -0.459 e. The van der Waals surface area contributed by atoms with Crippen molar-refractivity contribution in [3.05, 3.63) is 53.5 Å². The first-order chi connectivity index (χ1) is 12.0. The maximum absolute atomic E-state index is 12.6. The molecule has 2 aromatic rings. The van der Waals surface area contributed by atoms with Crippen molar-refractivity contribution in [2.24, 2.45) is 5.92 Å². The number of hydrogen-bond donors (Lipinski definition) is 2. The molecule has 1 aliphatic rings. The molecule has 0 radical (unpaired) electrons. The quantitative estimate of drug-likeness (QED) is 0.878. The molecule has 132 valence electrons. The summed E-state index contributed by atoms with van der Waals surface area (Å²) in [6, 6.07) is 8.85. The summed E-state index contributed by atoms with van der Waals surface area (Å²) in [6.45, 7) is 4.08. The smallest absolute Gasteiger partial charge is 0.291 e. The van der Waals surface area contributed by atoms with E-state index in [9.17, 15) is 9.59 Å². The summed E-state index contributed by atoms with van der Waals surface area (Å²) in [5.74, 6) is 0.324. The largest absolute Gasteiger partial charge is 0.459 e. The van der Waals surface area contributed by atoms with Crippen LogP contribution in [0.5, 0.6) is 0 Å². The van der Waals surface area contributed by atoms with E-state index in [2.05, 4.69) is 17.6 Å². The number of benzene rings is 1. The van der Waals surface area contributed by atoms with Crippen molar-refractivity contribution in [3.63, 3.8) is 0 Å². The normalized spacial score (nSPS) is 20.1. The fourth-order valence-corrected chi connectivity index (χ4v) is 3.27. The summed E-state index contributed by atoms with van der Waals surface area (Å²) in [7, 11) is 0. The SMILES string of the molecule is Cc1ccc(C(=O)N[C@@H]2CCCC[C@@H]2C)cc1NC(=O)c1ccco1. The molecular formula is C20H24N2O3. The number of anilines is 1. The van der Waals surface area contributed by atoms with Gasteiger partial charge in [-0.3, -0.25) is 9.59 Å². The van der Waals surface area contributed by atoms with Crippen LogP contribution in [0.3, 0.4) is 0 Å². The van der Waals surface area contributed by atoms with Crippen LogP contribution in [0.25, 0.3) is 0 Å². The molecule has 2 amide bonds. The number of carbonyl (C=O) groups is 2. The molecule has 1 saturated carbocycles. The molecule has 1 aliphatic carbocycles. The predicted octanol–water partition coefficient (Wildman–Crippen LogP) is 4.15. The maximum Gasteiger partial charge on any atom is 0.291 e. The monoisotopic (exact) mass is 340 g/mol. The highest BCUT2D eigenvalue weighted by atomic mass is 16.3. The van der Waals surface area contributed by atoms with Crippen LogP contribution in [0.15, 0.2) is 41.0 Å². The number of aryl methyl sites for hydroxylation is 1. The molecule has 1 fully saturated rings. The van der Waals surface area contributed by atoms with Crippen molar-refractivity contribution < 1.29 is 14.0 Å². The Kier molecular flexibility index (Phi) is 5.22. The average Bonchev–Trinajstić information content (AvgIpc) is 3.13. The Balaban J connectivity index is 1.72. The number of carbonyl (C=O) groups excluding carboxylic acids is 2. The molecule has 0 unspecified atom stereocenters. The van der Waals surface area contributed by atoms with Gasteiger partial charge in [-0.2, -0.15) is 0 Å². The van der Waals surface area contributed by atoms with Gasteiger partial charge < -0.3 is 15.1 Å². The van der Waals surface area contributed by atoms with Gasteiger partial charge in [0.15, 0.2) is 5.76 Å². The van der Waals surface area contributed by atoms with Crippen LogP contribution in [0.4, 0.5) is 5.69 Å². The van der Waals surface area contributed by atoms with Gasteiger partial charge in [-0.25, -0.2) is 0 Å². The zero-order chi connectivity index (χ0) is 17.8. The minimum atomic E-state index is -0.327. The zero-order valence-corrected chi connectivity index (χ0v) is 14.7. The van der Waals surface area contributed by atoms with E-state index in [0.717, 1.165) is 24.8 Å². The van der Waals surface area contributed by atoms with Crippen molar-refractivity contribution >= 4 is 17.5 Å². The van der Waals surface area contributed by atoms with Crippen molar-refractivity contribution in [2.45, 2.75) is 45.6 Å². The molecule has 0 bridgehead atoms. The van der Waals surface area contributed by atoms with E-state index in [-0.39, 0.29) is 23.6 Å². The van der Waals surface area contributed by atoms with Gasteiger partial charge in [-0.1, -0.05) is 25.8 Å². The molecule has 1 aromatic carbocycles. The number of amides is 2. The number of nitrogens with one attached hydrogen (secondary N) is 2. The number of rotatable bonds is 4. The molecule has 25 heavy (non-hydrogen) atoms. The third-order valence-corrected chi connectivity index (χ3v) is 4.92. The Hall–Kier alpha value is -2.56. The molecule has 1 heterocycles. The Labute approximate surface area is 147 Å². The molecular weight excluding hydrogens is 316 g/mol. The van der Waals surface area contributed by atoms with Crippen molar-refractivity contribution in [2.75, 3.05) is 5.32 Å². The summed E-state index contributed by atoms with van der Waals surface area (Å²) in [6.07, 6.45) is 6.04. The van der Waals surface area contributed by atoms with Crippen LogP contribution in [-0.2, 0) is 0 Å². The highest BCUT2D eigenvalue weighted by Crippen LogP contribution is 2.24. The third kappa shape index (κ3) is 4.10. The van der Waals surface area contributed by atoms with E-state index in [4.69, 9.17) is 4.42 Å². The maximum atomic E-state index is 12.6.